The largest absolute Gasteiger partial charge is 0.399 e. The van der Waals surface area contributed by atoms with Crippen LogP contribution in [0.3, 0.4) is 0 Å². The summed E-state index contributed by atoms with van der Waals surface area (Å²) >= 11 is 0. The van der Waals surface area contributed by atoms with E-state index in [4.69, 9.17) is 10.7 Å². The highest BCUT2D eigenvalue weighted by Gasteiger charge is 2.15. The summed E-state index contributed by atoms with van der Waals surface area (Å²) in [6, 6.07) is 6.00. The number of nitrogen functional groups attached to an aromatic ring is 1. The molecule has 0 saturated heterocycles. The lowest BCUT2D eigenvalue weighted by molar-refractivity contribution is 0.568. The number of imidazole rings is 1. The maximum atomic E-state index is 5.89. The van der Waals surface area contributed by atoms with Gasteiger partial charge in [0.2, 0.25) is 0 Å². The molecule has 0 fully saturated rings. The van der Waals surface area contributed by atoms with Gasteiger partial charge in [0.05, 0.1) is 11.0 Å². The number of hydrogen-bond donors (Lipinski definition) is 1. The van der Waals surface area contributed by atoms with E-state index < -0.39 is 0 Å². The van der Waals surface area contributed by atoms with Crippen LogP contribution in [0, 0.1) is 0 Å². The Bertz CT molecular complexity index is 528. The highest BCUT2D eigenvalue weighted by molar-refractivity contribution is 5.79. The van der Waals surface area contributed by atoms with Crippen LogP contribution < -0.4 is 5.73 Å². The van der Waals surface area contributed by atoms with Crippen molar-refractivity contribution in [2.24, 2.45) is 0 Å². The van der Waals surface area contributed by atoms with Crippen LogP contribution in [-0.2, 0) is 6.54 Å². The Morgan fingerprint density at radius 1 is 1.28 bits per heavy atom. The van der Waals surface area contributed by atoms with Gasteiger partial charge in [-0.3, -0.25) is 0 Å². The molecule has 1 heterocycles. The van der Waals surface area contributed by atoms with E-state index in [9.17, 15) is 0 Å². The summed E-state index contributed by atoms with van der Waals surface area (Å²) in [5.41, 5.74) is 8.95. The van der Waals surface area contributed by atoms with Gasteiger partial charge < -0.3 is 10.3 Å². The van der Waals surface area contributed by atoms with Gasteiger partial charge in [-0.15, -0.1) is 0 Å². The summed E-state index contributed by atoms with van der Waals surface area (Å²) in [6.07, 6.45) is 3.49. The van der Waals surface area contributed by atoms with Gasteiger partial charge in [0, 0.05) is 18.2 Å². The number of fused-ring (bicyclic) bond motifs is 1. The summed E-state index contributed by atoms with van der Waals surface area (Å²) in [7, 11) is 0. The molecule has 0 spiro atoms. The van der Waals surface area contributed by atoms with Crippen molar-refractivity contribution in [3.63, 3.8) is 0 Å². The van der Waals surface area contributed by atoms with E-state index in [2.05, 4.69) is 25.3 Å². The summed E-state index contributed by atoms with van der Waals surface area (Å²) in [4.78, 5) is 4.80. The SMILES string of the molecule is CCCC(C)c1nc2ccc(N)cc2n1CCC. The van der Waals surface area contributed by atoms with Crippen molar-refractivity contribution < 1.29 is 0 Å². The Morgan fingerprint density at radius 2 is 2.06 bits per heavy atom. The molecule has 3 heteroatoms. The Balaban J connectivity index is 2.54. The number of hydrogen-bond acceptors (Lipinski definition) is 2. The van der Waals surface area contributed by atoms with Gasteiger partial charge in [-0.2, -0.15) is 0 Å². The first-order valence-electron chi connectivity index (χ1n) is 6.93. The van der Waals surface area contributed by atoms with E-state index in [-0.39, 0.29) is 0 Å². The number of benzene rings is 1. The van der Waals surface area contributed by atoms with Crippen molar-refractivity contribution in [3.05, 3.63) is 24.0 Å². The van der Waals surface area contributed by atoms with E-state index in [1.165, 1.54) is 24.2 Å². The quantitative estimate of drug-likeness (QED) is 0.811. The molecule has 0 aliphatic rings. The van der Waals surface area contributed by atoms with Gasteiger partial charge >= 0.3 is 0 Å². The van der Waals surface area contributed by atoms with E-state index in [0.29, 0.717) is 5.92 Å². The minimum Gasteiger partial charge on any atom is -0.399 e. The van der Waals surface area contributed by atoms with Crippen molar-refractivity contribution in [2.45, 2.75) is 52.5 Å². The van der Waals surface area contributed by atoms with Crippen LogP contribution in [0.5, 0.6) is 0 Å². The van der Waals surface area contributed by atoms with Gasteiger partial charge in [-0.25, -0.2) is 4.98 Å². The molecule has 0 saturated carbocycles. The third kappa shape index (κ3) is 2.35. The summed E-state index contributed by atoms with van der Waals surface area (Å²) < 4.78 is 2.34. The fourth-order valence-corrected chi connectivity index (χ4v) is 2.56. The standard InChI is InChI=1S/C15H23N3/c1-4-6-11(3)15-17-13-8-7-12(16)10-14(13)18(15)9-5-2/h7-8,10-11H,4-6,9,16H2,1-3H3. The minimum atomic E-state index is 0.509. The third-order valence-electron chi connectivity index (χ3n) is 3.41. The molecule has 0 amide bonds. The number of anilines is 1. The van der Waals surface area contributed by atoms with E-state index in [1.54, 1.807) is 0 Å². The van der Waals surface area contributed by atoms with Gasteiger partial charge in [0.25, 0.3) is 0 Å². The Hall–Kier alpha value is -1.51. The minimum absolute atomic E-state index is 0.509. The average Bonchev–Trinajstić information content (AvgIpc) is 2.69. The molecule has 0 radical (unpaired) electrons. The summed E-state index contributed by atoms with van der Waals surface area (Å²) in [6.45, 7) is 7.71. The second-order valence-electron chi connectivity index (χ2n) is 5.06. The van der Waals surface area contributed by atoms with Gasteiger partial charge in [-0.05, 0) is 31.0 Å². The van der Waals surface area contributed by atoms with Gasteiger partial charge in [-0.1, -0.05) is 27.2 Å². The molecule has 2 aromatic rings. The van der Waals surface area contributed by atoms with Crippen LogP contribution in [0.25, 0.3) is 11.0 Å². The fourth-order valence-electron chi connectivity index (χ4n) is 2.56. The fraction of sp³-hybridized carbons (Fsp3) is 0.533. The molecule has 0 aliphatic carbocycles. The van der Waals surface area contributed by atoms with Crippen LogP contribution >= 0.6 is 0 Å². The Kier molecular flexibility index (Phi) is 3.90. The van der Waals surface area contributed by atoms with Crippen LogP contribution in [0.4, 0.5) is 5.69 Å². The lowest BCUT2D eigenvalue weighted by atomic mass is 10.1. The van der Waals surface area contributed by atoms with Crippen molar-refractivity contribution in [1.29, 1.82) is 0 Å². The molecule has 0 bridgehead atoms. The molecular formula is C15H23N3. The topological polar surface area (TPSA) is 43.8 Å². The van der Waals surface area contributed by atoms with Crippen molar-refractivity contribution in [1.82, 2.24) is 9.55 Å². The molecular weight excluding hydrogens is 222 g/mol. The maximum absolute atomic E-state index is 5.89. The average molecular weight is 245 g/mol. The Morgan fingerprint density at radius 3 is 2.72 bits per heavy atom. The van der Waals surface area contributed by atoms with E-state index in [0.717, 1.165) is 24.2 Å². The number of aromatic nitrogens is 2. The summed E-state index contributed by atoms with van der Waals surface area (Å²) in [5, 5.41) is 0. The van der Waals surface area contributed by atoms with E-state index in [1.807, 2.05) is 18.2 Å². The molecule has 1 unspecified atom stereocenters. The first-order valence-corrected chi connectivity index (χ1v) is 6.93. The summed E-state index contributed by atoms with van der Waals surface area (Å²) in [5.74, 6) is 1.72. The normalized spacial score (nSPS) is 13.1. The highest BCUT2D eigenvalue weighted by Crippen LogP contribution is 2.26. The van der Waals surface area contributed by atoms with Gasteiger partial charge in [0.15, 0.2) is 0 Å². The van der Waals surface area contributed by atoms with Crippen molar-refractivity contribution >= 4 is 16.7 Å². The number of nitrogens with two attached hydrogens (primary N) is 1. The lowest BCUT2D eigenvalue weighted by Crippen LogP contribution is -2.07. The second kappa shape index (κ2) is 5.42. The first kappa shape index (κ1) is 12.9. The van der Waals surface area contributed by atoms with Crippen LogP contribution in [-0.4, -0.2) is 9.55 Å². The third-order valence-corrected chi connectivity index (χ3v) is 3.41. The molecule has 1 aromatic carbocycles. The maximum Gasteiger partial charge on any atom is 0.112 e. The van der Waals surface area contributed by atoms with Gasteiger partial charge in [0.1, 0.15) is 5.82 Å². The highest BCUT2D eigenvalue weighted by atomic mass is 15.1. The first-order chi connectivity index (χ1) is 8.67. The predicted octanol–water partition coefficient (Wildman–Crippen LogP) is 3.93. The number of nitrogens with zero attached hydrogens (tertiary/aromatic N) is 2. The second-order valence-corrected chi connectivity index (χ2v) is 5.06. The van der Waals surface area contributed by atoms with Crippen LogP contribution in [0.2, 0.25) is 0 Å². The molecule has 98 valence electrons. The zero-order valence-corrected chi connectivity index (χ0v) is 11.6. The van der Waals surface area contributed by atoms with Crippen molar-refractivity contribution in [2.75, 3.05) is 5.73 Å². The number of rotatable bonds is 5. The molecule has 3 nitrogen and oxygen atoms in total. The van der Waals surface area contributed by atoms with E-state index >= 15 is 0 Å². The molecule has 2 rings (SSSR count). The molecule has 1 aromatic heterocycles. The Labute approximate surface area is 109 Å². The smallest absolute Gasteiger partial charge is 0.112 e. The number of aryl methyl sites for hydroxylation is 1. The predicted molar refractivity (Wildman–Crippen MR) is 77.8 cm³/mol. The molecule has 18 heavy (non-hydrogen) atoms. The molecule has 1 atom stereocenters. The van der Waals surface area contributed by atoms with Crippen LogP contribution in [0.1, 0.15) is 51.8 Å². The van der Waals surface area contributed by atoms with Crippen molar-refractivity contribution in [3.8, 4) is 0 Å². The zero-order chi connectivity index (χ0) is 13.1. The lowest BCUT2D eigenvalue weighted by Gasteiger charge is -2.13. The zero-order valence-electron chi connectivity index (χ0n) is 11.6. The molecule has 2 N–H and O–H groups in total. The monoisotopic (exact) mass is 245 g/mol. The molecule has 0 aliphatic heterocycles. The van der Waals surface area contributed by atoms with Crippen LogP contribution in [0.15, 0.2) is 18.2 Å².